The van der Waals surface area contributed by atoms with E-state index < -0.39 is 5.60 Å². The zero-order valence-corrected chi connectivity index (χ0v) is 21.9. The lowest BCUT2D eigenvalue weighted by Gasteiger charge is -2.33. The topological polar surface area (TPSA) is 133 Å². The third-order valence-electron chi connectivity index (χ3n) is 6.36. The number of ether oxygens (including phenoxy) is 2. The Kier molecular flexibility index (Phi) is 6.94. The van der Waals surface area contributed by atoms with Crippen molar-refractivity contribution in [2.45, 2.75) is 51.9 Å². The first-order chi connectivity index (χ1) is 18.2. The van der Waals surface area contributed by atoms with Crippen LogP contribution in [0.25, 0.3) is 28.3 Å². The molecule has 3 N–H and O–H groups in total. The maximum Gasteiger partial charge on any atom is 0.410 e. The highest BCUT2D eigenvalue weighted by Gasteiger charge is 2.27. The maximum atomic E-state index is 12.2. The zero-order valence-electron chi connectivity index (χ0n) is 21.9. The summed E-state index contributed by atoms with van der Waals surface area (Å²) < 4.78 is 15.3. The average Bonchev–Trinajstić information content (AvgIpc) is 3.50. The molecule has 11 heteroatoms. The first kappa shape index (κ1) is 25.5. The molecule has 3 aromatic heterocycles. The monoisotopic (exact) mass is 519 g/mol. The summed E-state index contributed by atoms with van der Waals surface area (Å²) in [5, 5.41) is 10.2. The number of benzene rings is 1. The Hall–Kier alpha value is -4.12. The molecule has 0 spiro atoms. The second-order valence-corrected chi connectivity index (χ2v) is 10.4. The lowest BCUT2D eigenvalue weighted by atomic mass is 10.1. The smallest absolute Gasteiger partial charge is 0.410 e. The number of nitrogens with zero attached hydrogens (tertiary/aromatic N) is 6. The number of piperidine rings is 1. The molecule has 1 aliphatic rings. The highest BCUT2D eigenvalue weighted by atomic mass is 16.6. The van der Waals surface area contributed by atoms with E-state index in [1.165, 1.54) is 0 Å². The second kappa shape index (κ2) is 10.3. The molecule has 1 amide bonds. The van der Waals surface area contributed by atoms with Crippen LogP contribution in [0.2, 0.25) is 0 Å². The third kappa shape index (κ3) is 5.72. The van der Waals surface area contributed by atoms with E-state index in [0.29, 0.717) is 60.4 Å². The number of para-hydroxylation sites is 1. The van der Waals surface area contributed by atoms with E-state index in [-0.39, 0.29) is 17.9 Å². The molecule has 1 aromatic carbocycles. The molecule has 0 saturated carbocycles. The van der Waals surface area contributed by atoms with Gasteiger partial charge in [0.2, 0.25) is 5.78 Å². The maximum absolute atomic E-state index is 12.2. The molecular formula is C27H33N7O4. The van der Waals surface area contributed by atoms with E-state index in [9.17, 15) is 9.90 Å². The highest BCUT2D eigenvalue weighted by Crippen LogP contribution is 2.29. The number of phenols is 1. The fraction of sp³-hybridized carbons (Fsp3) is 0.407. The average molecular weight is 520 g/mol. The van der Waals surface area contributed by atoms with Gasteiger partial charge in [-0.05, 0) is 45.7 Å². The van der Waals surface area contributed by atoms with Gasteiger partial charge in [-0.25, -0.2) is 14.8 Å². The number of hydrogen-bond donors (Lipinski definition) is 2. The number of carbonyl (C=O) groups is 1. The molecule has 38 heavy (non-hydrogen) atoms. The number of carbonyl (C=O) groups excluding carboxylic acids is 1. The Morgan fingerprint density at radius 2 is 1.84 bits per heavy atom. The van der Waals surface area contributed by atoms with Crippen molar-refractivity contribution in [3.8, 4) is 28.3 Å². The molecule has 4 aromatic rings. The van der Waals surface area contributed by atoms with Gasteiger partial charge < -0.3 is 29.8 Å². The number of aromatic hydroxyl groups is 1. The SMILES string of the molecule is CC(C)(C)OC(=O)N1CCC(OCCn2cnc(-c3cn4cc(-c5ccccc5O)nc4nc3N)c2)CC1. The molecule has 4 heterocycles. The summed E-state index contributed by atoms with van der Waals surface area (Å²) in [6.07, 6.45) is 8.71. The van der Waals surface area contributed by atoms with Gasteiger partial charge in [0, 0.05) is 43.8 Å². The molecule has 200 valence electrons. The van der Waals surface area contributed by atoms with Gasteiger partial charge >= 0.3 is 6.09 Å². The minimum absolute atomic E-state index is 0.110. The van der Waals surface area contributed by atoms with Crippen molar-refractivity contribution < 1.29 is 19.4 Å². The molecule has 1 saturated heterocycles. The van der Waals surface area contributed by atoms with Crippen molar-refractivity contribution in [1.82, 2.24) is 28.8 Å². The Bertz CT molecular complexity index is 1430. The molecule has 1 fully saturated rings. The molecular weight excluding hydrogens is 486 g/mol. The van der Waals surface area contributed by atoms with Crippen LogP contribution in [0.4, 0.5) is 10.6 Å². The normalized spacial score (nSPS) is 14.8. The lowest BCUT2D eigenvalue weighted by molar-refractivity contribution is -0.0130. The predicted molar refractivity (Wildman–Crippen MR) is 143 cm³/mol. The van der Waals surface area contributed by atoms with E-state index in [2.05, 4.69) is 15.0 Å². The van der Waals surface area contributed by atoms with E-state index >= 15 is 0 Å². The van der Waals surface area contributed by atoms with Crippen LogP contribution in [-0.2, 0) is 16.0 Å². The first-order valence-corrected chi connectivity index (χ1v) is 12.7. The number of rotatable bonds is 6. The number of imidazole rings is 2. The highest BCUT2D eigenvalue weighted by molar-refractivity contribution is 5.73. The fourth-order valence-electron chi connectivity index (χ4n) is 4.43. The molecule has 1 aliphatic heterocycles. The molecule has 0 atom stereocenters. The Morgan fingerprint density at radius 1 is 1.08 bits per heavy atom. The molecule has 0 bridgehead atoms. The predicted octanol–water partition coefficient (Wildman–Crippen LogP) is 3.96. The number of aromatic nitrogens is 5. The zero-order chi connectivity index (χ0) is 26.9. The van der Waals surface area contributed by atoms with Crippen LogP contribution in [0.3, 0.4) is 0 Å². The summed E-state index contributed by atoms with van der Waals surface area (Å²) >= 11 is 0. The number of phenolic OH excluding ortho intramolecular Hbond substituents is 1. The first-order valence-electron chi connectivity index (χ1n) is 12.7. The van der Waals surface area contributed by atoms with Crippen molar-refractivity contribution in [2.24, 2.45) is 0 Å². The van der Waals surface area contributed by atoms with Crippen molar-refractivity contribution in [1.29, 1.82) is 0 Å². The standard InChI is InChI=1S/C27H33N7O4/c1-27(2,3)38-26(36)33-10-8-18(9-11-33)37-13-12-32-15-21(29-17-32)20-14-34-16-22(30-25(34)31-24(20)28)19-6-4-5-7-23(19)35/h4-7,14-18,35H,8-13H2,1-3H3,(H2,28,30,31). The summed E-state index contributed by atoms with van der Waals surface area (Å²) in [6, 6.07) is 7.03. The number of amides is 1. The Morgan fingerprint density at radius 3 is 2.58 bits per heavy atom. The van der Waals surface area contributed by atoms with E-state index in [0.717, 1.165) is 12.8 Å². The van der Waals surface area contributed by atoms with Crippen molar-refractivity contribution >= 4 is 17.7 Å². The third-order valence-corrected chi connectivity index (χ3v) is 6.36. The van der Waals surface area contributed by atoms with Crippen LogP contribution in [0.15, 0.2) is 49.2 Å². The minimum Gasteiger partial charge on any atom is -0.507 e. The quantitative estimate of drug-likeness (QED) is 0.391. The van der Waals surface area contributed by atoms with Crippen LogP contribution in [-0.4, -0.2) is 71.4 Å². The summed E-state index contributed by atoms with van der Waals surface area (Å²) in [5.74, 6) is 0.916. The summed E-state index contributed by atoms with van der Waals surface area (Å²) in [5.41, 5.74) is 8.36. The Labute approximate surface area is 220 Å². The number of fused-ring (bicyclic) bond motifs is 1. The summed E-state index contributed by atoms with van der Waals surface area (Å²) in [7, 11) is 0. The largest absolute Gasteiger partial charge is 0.507 e. The van der Waals surface area contributed by atoms with Crippen molar-refractivity contribution in [3.63, 3.8) is 0 Å². The molecule has 11 nitrogen and oxygen atoms in total. The van der Waals surface area contributed by atoms with Crippen LogP contribution < -0.4 is 5.73 Å². The van der Waals surface area contributed by atoms with Crippen LogP contribution >= 0.6 is 0 Å². The fourth-order valence-corrected chi connectivity index (χ4v) is 4.43. The second-order valence-electron chi connectivity index (χ2n) is 10.4. The van der Waals surface area contributed by atoms with E-state index in [4.69, 9.17) is 15.2 Å². The molecule has 0 aliphatic carbocycles. The van der Waals surface area contributed by atoms with Gasteiger partial charge in [-0.2, -0.15) is 4.98 Å². The van der Waals surface area contributed by atoms with Gasteiger partial charge in [-0.1, -0.05) is 12.1 Å². The van der Waals surface area contributed by atoms with Gasteiger partial charge in [0.05, 0.1) is 36.0 Å². The number of likely N-dealkylation sites (tertiary alicyclic amines) is 1. The minimum atomic E-state index is -0.492. The molecule has 0 radical (unpaired) electrons. The van der Waals surface area contributed by atoms with Gasteiger partial charge in [-0.3, -0.25) is 4.40 Å². The summed E-state index contributed by atoms with van der Waals surface area (Å²) in [6.45, 7) is 8.04. The summed E-state index contributed by atoms with van der Waals surface area (Å²) in [4.78, 5) is 27.4. The van der Waals surface area contributed by atoms with Gasteiger partial charge in [0.25, 0.3) is 0 Å². The van der Waals surface area contributed by atoms with Crippen LogP contribution in [0, 0.1) is 0 Å². The van der Waals surface area contributed by atoms with E-state index in [1.807, 2.05) is 43.8 Å². The van der Waals surface area contributed by atoms with Crippen molar-refractivity contribution in [2.75, 3.05) is 25.4 Å². The number of nitrogens with two attached hydrogens (primary N) is 1. The van der Waals surface area contributed by atoms with E-state index in [1.54, 1.807) is 40.0 Å². The number of hydrogen-bond acceptors (Lipinski definition) is 8. The van der Waals surface area contributed by atoms with Gasteiger partial charge in [0.15, 0.2) is 0 Å². The lowest BCUT2D eigenvalue weighted by Crippen LogP contribution is -2.43. The van der Waals surface area contributed by atoms with Crippen molar-refractivity contribution in [3.05, 3.63) is 49.2 Å². The Balaban J connectivity index is 1.17. The van der Waals surface area contributed by atoms with Gasteiger partial charge in [-0.15, -0.1) is 0 Å². The van der Waals surface area contributed by atoms with Gasteiger partial charge in [0.1, 0.15) is 17.2 Å². The number of nitrogen functional groups attached to an aromatic ring is 1. The molecule has 5 rings (SSSR count). The molecule has 0 unspecified atom stereocenters. The number of anilines is 1. The van der Waals surface area contributed by atoms with Crippen LogP contribution in [0.5, 0.6) is 5.75 Å². The van der Waals surface area contributed by atoms with Crippen LogP contribution in [0.1, 0.15) is 33.6 Å².